The SMILES string of the molecule is Cc1c(OS(=O)(=O)C(F)(F)F)c(C#N)cc2ccccc12. The summed E-state index contributed by atoms with van der Waals surface area (Å²) in [4.78, 5) is 0. The average Bonchev–Trinajstić information content (AvgIpc) is 2.40. The number of nitriles is 1. The van der Waals surface area contributed by atoms with Crippen LogP contribution >= 0.6 is 0 Å². The molecule has 0 amide bonds. The fourth-order valence-corrected chi connectivity index (χ4v) is 2.39. The van der Waals surface area contributed by atoms with Crippen molar-refractivity contribution in [1.29, 1.82) is 5.26 Å². The molecule has 0 saturated heterocycles. The zero-order valence-electron chi connectivity index (χ0n) is 10.6. The van der Waals surface area contributed by atoms with Crippen molar-refractivity contribution in [1.82, 2.24) is 0 Å². The van der Waals surface area contributed by atoms with E-state index < -0.39 is 21.4 Å². The van der Waals surface area contributed by atoms with Crippen LogP contribution in [0.1, 0.15) is 11.1 Å². The van der Waals surface area contributed by atoms with Gasteiger partial charge in [0.2, 0.25) is 0 Å². The summed E-state index contributed by atoms with van der Waals surface area (Å²) in [5.74, 6) is -0.603. The highest BCUT2D eigenvalue weighted by atomic mass is 32.2. The van der Waals surface area contributed by atoms with E-state index in [1.165, 1.54) is 13.0 Å². The van der Waals surface area contributed by atoms with E-state index in [9.17, 15) is 21.6 Å². The molecule has 0 spiro atoms. The van der Waals surface area contributed by atoms with E-state index in [0.717, 1.165) is 0 Å². The van der Waals surface area contributed by atoms with Gasteiger partial charge in [0, 0.05) is 5.56 Å². The molecule has 0 aliphatic carbocycles. The summed E-state index contributed by atoms with van der Waals surface area (Å²) in [6, 6.07) is 9.51. The highest BCUT2D eigenvalue weighted by Gasteiger charge is 2.49. The summed E-state index contributed by atoms with van der Waals surface area (Å²) in [5, 5.41) is 10.1. The van der Waals surface area contributed by atoms with E-state index in [-0.39, 0.29) is 11.1 Å². The highest BCUT2D eigenvalue weighted by Crippen LogP contribution is 2.35. The van der Waals surface area contributed by atoms with Gasteiger partial charge in [0.1, 0.15) is 6.07 Å². The normalized spacial score (nSPS) is 12.1. The van der Waals surface area contributed by atoms with E-state index >= 15 is 0 Å². The van der Waals surface area contributed by atoms with Crippen LogP contribution in [0.4, 0.5) is 13.2 Å². The second kappa shape index (κ2) is 4.93. The monoisotopic (exact) mass is 315 g/mol. The summed E-state index contributed by atoms with van der Waals surface area (Å²) in [5.41, 5.74) is -5.69. The lowest BCUT2D eigenvalue weighted by Gasteiger charge is -2.14. The third kappa shape index (κ3) is 2.64. The molecule has 110 valence electrons. The Labute approximate surface area is 118 Å². The van der Waals surface area contributed by atoms with Crippen LogP contribution in [-0.2, 0) is 10.1 Å². The quantitative estimate of drug-likeness (QED) is 0.630. The number of fused-ring (bicyclic) bond motifs is 1. The van der Waals surface area contributed by atoms with Gasteiger partial charge in [0.15, 0.2) is 5.75 Å². The molecule has 8 heteroatoms. The lowest BCUT2D eigenvalue weighted by molar-refractivity contribution is -0.0500. The van der Waals surface area contributed by atoms with Gasteiger partial charge < -0.3 is 4.18 Å². The fraction of sp³-hybridized carbons (Fsp3) is 0.154. The first-order chi connectivity index (χ1) is 9.67. The van der Waals surface area contributed by atoms with Gasteiger partial charge in [-0.2, -0.15) is 26.9 Å². The van der Waals surface area contributed by atoms with E-state index in [1.54, 1.807) is 30.3 Å². The van der Waals surface area contributed by atoms with E-state index in [1.807, 2.05) is 0 Å². The number of alkyl halides is 3. The number of halogens is 3. The Balaban J connectivity index is 2.70. The Morgan fingerprint density at radius 1 is 1.24 bits per heavy atom. The Morgan fingerprint density at radius 3 is 2.43 bits per heavy atom. The van der Waals surface area contributed by atoms with Gasteiger partial charge in [0.25, 0.3) is 0 Å². The zero-order valence-corrected chi connectivity index (χ0v) is 11.4. The van der Waals surface area contributed by atoms with Crippen molar-refractivity contribution in [3.05, 3.63) is 41.5 Å². The standard InChI is InChI=1S/C13H8F3NO3S/c1-8-11-5-3-2-4-9(11)6-10(7-17)12(8)20-21(18,19)13(14,15)16/h2-6H,1H3. The maximum absolute atomic E-state index is 12.4. The topological polar surface area (TPSA) is 67.2 Å². The molecule has 4 nitrogen and oxygen atoms in total. The second-order valence-corrected chi connectivity index (χ2v) is 5.73. The molecule has 0 N–H and O–H groups in total. The number of hydrogen-bond donors (Lipinski definition) is 0. The maximum atomic E-state index is 12.4. The van der Waals surface area contributed by atoms with Crippen LogP contribution in [0.15, 0.2) is 30.3 Å². The van der Waals surface area contributed by atoms with Crippen LogP contribution in [0.3, 0.4) is 0 Å². The molecule has 0 radical (unpaired) electrons. The van der Waals surface area contributed by atoms with Crippen molar-refractivity contribution in [3.63, 3.8) is 0 Å². The summed E-state index contributed by atoms with van der Waals surface area (Å²) in [7, 11) is -5.83. The Bertz CT molecular complexity index is 851. The molecule has 0 aliphatic rings. The first-order valence-electron chi connectivity index (χ1n) is 5.60. The van der Waals surface area contributed by atoms with Gasteiger partial charge in [-0.3, -0.25) is 0 Å². The molecular formula is C13H8F3NO3S. The van der Waals surface area contributed by atoms with Crippen molar-refractivity contribution in [2.45, 2.75) is 12.4 Å². The molecule has 0 atom stereocenters. The van der Waals surface area contributed by atoms with Gasteiger partial charge in [0.05, 0.1) is 5.56 Å². The summed E-state index contributed by atoms with van der Waals surface area (Å²) < 4.78 is 63.6. The Kier molecular flexibility index (Phi) is 3.55. The lowest BCUT2D eigenvalue weighted by Crippen LogP contribution is -2.28. The molecule has 0 fully saturated rings. The molecule has 2 rings (SSSR count). The maximum Gasteiger partial charge on any atom is 0.534 e. The first kappa shape index (κ1) is 15.1. The summed E-state index contributed by atoms with van der Waals surface area (Å²) in [6.07, 6.45) is 0. The molecule has 0 heterocycles. The molecule has 0 aliphatic heterocycles. The number of rotatable bonds is 2. The predicted octanol–water partition coefficient (Wildman–Crippen LogP) is 3.25. The van der Waals surface area contributed by atoms with Crippen molar-refractivity contribution >= 4 is 20.9 Å². The van der Waals surface area contributed by atoms with Gasteiger partial charge >= 0.3 is 15.6 Å². The minimum atomic E-state index is -5.83. The lowest BCUT2D eigenvalue weighted by atomic mass is 10.0. The van der Waals surface area contributed by atoms with Crippen LogP contribution in [0.2, 0.25) is 0 Å². The third-order valence-electron chi connectivity index (χ3n) is 2.85. The Hall–Kier alpha value is -2.27. The molecule has 0 unspecified atom stereocenters. The van der Waals surface area contributed by atoms with E-state index in [4.69, 9.17) is 5.26 Å². The third-order valence-corrected chi connectivity index (χ3v) is 3.80. The molecule has 2 aromatic carbocycles. The summed E-state index contributed by atoms with van der Waals surface area (Å²) in [6.45, 7) is 1.39. The van der Waals surface area contributed by atoms with Crippen LogP contribution in [-0.4, -0.2) is 13.9 Å². The molecule has 0 aromatic heterocycles. The number of nitrogens with zero attached hydrogens (tertiary/aromatic N) is 1. The highest BCUT2D eigenvalue weighted by molar-refractivity contribution is 7.88. The smallest absolute Gasteiger partial charge is 0.374 e. The molecular weight excluding hydrogens is 307 g/mol. The zero-order chi connectivity index (χ0) is 15.8. The van der Waals surface area contributed by atoms with Gasteiger partial charge in [-0.1, -0.05) is 24.3 Å². The molecule has 21 heavy (non-hydrogen) atoms. The molecule has 0 saturated carbocycles. The van der Waals surface area contributed by atoms with Crippen LogP contribution in [0.25, 0.3) is 10.8 Å². The van der Waals surface area contributed by atoms with Crippen molar-refractivity contribution in [2.24, 2.45) is 0 Å². The fourth-order valence-electron chi connectivity index (χ4n) is 1.86. The summed E-state index contributed by atoms with van der Waals surface area (Å²) >= 11 is 0. The van der Waals surface area contributed by atoms with Crippen LogP contribution in [0, 0.1) is 18.3 Å². The predicted molar refractivity (Wildman–Crippen MR) is 69.0 cm³/mol. The second-order valence-electron chi connectivity index (χ2n) is 4.19. The van der Waals surface area contributed by atoms with Crippen LogP contribution < -0.4 is 4.18 Å². The Morgan fingerprint density at radius 2 is 1.86 bits per heavy atom. The van der Waals surface area contributed by atoms with Crippen LogP contribution in [0.5, 0.6) is 5.75 Å². The molecule has 2 aromatic rings. The van der Waals surface area contributed by atoms with E-state index in [0.29, 0.717) is 10.8 Å². The molecule has 0 bridgehead atoms. The number of hydrogen-bond acceptors (Lipinski definition) is 4. The first-order valence-corrected chi connectivity index (χ1v) is 7.01. The van der Waals surface area contributed by atoms with Crippen molar-refractivity contribution in [2.75, 3.05) is 0 Å². The van der Waals surface area contributed by atoms with E-state index in [2.05, 4.69) is 4.18 Å². The van der Waals surface area contributed by atoms with Gasteiger partial charge in [-0.05, 0) is 23.8 Å². The van der Waals surface area contributed by atoms with Gasteiger partial charge in [-0.25, -0.2) is 0 Å². The minimum absolute atomic E-state index is 0.150. The van der Waals surface area contributed by atoms with Crippen molar-refractivity contribution in [3.8, 4) is 11.8 Å². The van der Waals surface area contributed by atoms with Gasteiger partial charge in [-0.15, -0.1) is 0 Å². The van der Waals surface area contributed by atoms with Crippen molar-refractivity contribution < 1.29 is 25.8 Å². The number of benzene rings is 2. The number of aryl methyl sites for hydroxylation is 1. The average molecular weight is 315 g/mol. The largest absolute Gasteiger partial charge is 0.534 e. The minimum Gasteiger partial charge on any atom is -0.374 e.